The van der Waals surface area contributed by atoms with E-state index in [1.807, 2.05) is 12.1 Å². The molecule has 0 amide bonds. The Morgan fingerprint density at radius 1 is 0.952 bits per heavy atom. The van der Waals surface area contributed by atoms with E-state index in [0.717, 1.165) is 66.2 Å². The lowest BCUT2D eigenvalue weighted by Gasteiger charge is -2.30. The summed E-state index contributed by atoms with van der Waals surface area (Å²) in [5, 5.41) is 19.7. The van der Waals surface area contributed by atoms with E-state index < -0.39 is 10.0 Å². The molecule has 224 valence electrons. The lowest BCUT2D eigenvalue weighted by Crippen LogP contribution is -2.32. The smallest absolute Gasteiger partial charge is 0.238 e. The van der Waals surface area contributed by atoms with Crippen LogP contribution in [0, 0.1) is 0 Å². The fourth-order valence-corrected chi connectivity index (χ4v) is 7.03. The molecule has 7 nitrogen and oxygen atoms in total. The fraction of sp³-hybridized carbons (Fsp3) is 0.424. The average molecular weight is 608 g/mol. The molecule has 5 rings (SSSR count). The Balaban J connectivity index is 1.24. The Morgan fingerprint density at radius 3 is 2.10 bits per heavy atom. The van der Waals surface area contributed by atoms with Gasteiger partial charge in [-0.3, -0.25) is 4.90 Å². The molecule has 1 fully saturated rings. The van der Waals surface area contributed by atoms with E-state index in [4.69, 9.17) is 14.5 Å². The second-order valence-electron chi connectivity index (χ2n) is 13.4. The van der Waals surface area contributed by atoms with E-state index >= 15 is 0 Å². The van der Waals surface area contributed by atoms with Gasteiger partial charge in [-0.05, 0) is 85.3 Å². The van der Waals surface area contributed by atoms with Gasteiger partial charge in [0, 0.05) is 33.6 Å². The highest BCUT2D eigenvalue weighted by molar-refractivity contribution is 7.89. The number of aromatic hydroxyl groups is 1. The maximum absolute atomic E-state index is 11.5. The van der Waals surface area contributed by atoms with Crippen molar-refractivity contribution in [3.05, 3.63) is 75.8 Å². The number of furan rings is 1. The van der Waals surface area contributed by atoms with Crippen molar-refractivity contribution < 1.29 is 17.9 Å². The van der Waals surface area contributed by atoms with E-state index in [1.165, 1.54) is 17.1 Å². The van der Waals surface area contributed by atoms with Gasteiger partial charge in [0.25, 0.3) is 0 Å². The number of sulfonamides is 1. The molecule has 0 radical (unpaired) electrons. The maximum atomic E-state index is 11.5. The minimum atomic E-state index is -3.72. The van der Waals surface area contributed by atoms with Crippen molar-refractivity contribution >= 4 is 21.4 Å². The molecule has 42 heavy (non-hydrogen) atoms. The Morgan fingerprint density at radius 2 is 1.55 bits per heavy atom. The quantitative estimate of drug-likeness (QED) is 0.236. The standard InChI is InChI=1S/C33H41N3O4S2/c1-32(2,3)26-17-23(18-27(30(26)37)33(4,5)6)28-20-41-31(35-28)22-13-15-36(16-14-22)19-24-9-12-29(40-24)21-7-10-25(11-8-21)42(34,38)39/h7-12,17-18,20,22,37H,13-16,19H2,1-6H3,(H2,34,38,39). The summed E-state index contributed by atoms with van der Waals surface area (Å²) in [6, 6.07) is 14.5. The number of thiazole rings is 1. The highest BCUT2D eigenvalue weighted by Crippen LogP contribution is 2.43. The van der Waals surface area contributed by atoms with Crippen LogP contribution < -0.4 is 5.14 Å². The van der Waals surface area contributed by atoms with Crippen LogP contribution in [0.4, 0.5) is 0 Å². The van der Waals surface area contributed by atoms with Gasteiger partial charge in [0.15, 0.2) is 0 Å². The van der Waals surface area contributed by atoms with Crippen LogP contribution >= 0.6 is 11.3 Å². The van der Waals surface area contributed by atoms with Gasteiger partial charge in [0.1, 0.15) is 17.3 Å². The SMILES string of the molecule is CC(C)(C)c1cc(-c2csc(C3CCN(Cc4ccc(-c5ccc(S(N)(=O)=O)cc5)o4)CC3)n2)cc(C(C)(C)C)c1O. The Kier molecular flexibility index (Phi) is 8.17. The largest absolute Gasteiger partial charge is 0.507 e. The first-order valence-electron chi connectivity index (χ1n) is 14.4. The zero-order valence-corrected chi connectivity index (χ0v) is 26.9. The summed E-state index contributed by atoms with van der Waals surface area (Å²) in [4.78, 5) is 7.59. The number of rotatable bonds is 6. The van der Waals surface area contributed by atoms with Gasteiger partial charge in [0.05, 0.1) is 22.1 Å². The predicted octanol–water partition coefficient (Wildman–Crippen LogP) is 7.40. The summed E-state index contributed by atoms with van der Waals surface area (Å²) in [7, 11) is -3.72. The molecule has 1 saturated heterocycles. The van der Waals surface area contributed by atoms with Crippen LogP contribution in [0.15, 0.2) is 63.2 Å². The molecular formula is C33H41N3O4S2. The number of phenolic OH excluding ortho intramolecular Hbond substituents is 1. The van der Waals surface area contributed by atoms with Gasteiger partial charge in [-0.1, -0.05) is 41.5 Å². The highest BCUT2D eigenvalue weighted by Gasteiger charge is 2.28. The molecule has 0 saturated carbocycles. The van der Waals surface area contributed by atoms with E-state index in [2.05, 4.69) is 64.0 Å². The van der Waals surface area contributed by atoms with Crippen molar-refractivity contribution in [1.82, 2.24) is 9.88 Å². The number of phenols is 1. The van der Waals surface area contributed by atoms with Crippen molar-refractivity contribution in [2.45, 2.75) is 82.6 Å². The van der Waals surface area contributed by atoms with Crippen LogP contribution in [-0.4, -0.2) is 36.5 Å². The van der Waals surface area contributed by atoms with Crippen LogP contribution in [0.3, 0.4) is 0 Å². The molecule has 0 spiro atoms. The zero-order chi connectivity index (χ0) is 30.4. The Bertz CT molecular complexity index is 1630. The number of hydrogen-bond donors (Lipinski definition) is 2. The normalized spacial score (nSPS) is 15.8. The van der Waals surface area contributed by atoms with Crippen molar-refractivity contribution in [3.8, 4) is 28.3 Å². The maximum Gasteiger partial charge on any atom is 0.238 e. The summed E-state index contributed by atoms with van der Waals surface area (Å²) in [5.41, 5.74) is 4.40. The molecule has 0 bridgehead atoms. The number of nitrogens with zero attached hydrogens (tertiary/aromatic N) is 2. The predicted molar refractivity (Wildman–Crippen MR) is 169 cm³/mol. The molecule has 1 aliphatic heterocycles. The van der Waals surface area contributed by atoms with E-state index in [0.29, 0.717) is 17.4 Å². The van der Waals surface area contributed by atoms with Gasteiger partial charge in [-0.2, -0.15) is 0 Å². The topological polar surface area (TPSA) is 110 Å². The molecular weight excluding hydrogens is 567 g/mol. The second-order valence-corrected chi connectivity index (χ2v) is 15.8. The third kappa shape index (κ3) is 6.64. The molecule has 3 N–H and O–H groups in total. The van der Waals surface area contributed by atoms with Crippen molar-refractivity contribution in [1.29, 1.82) is 0 Å². The highest BCUT2D eigenvalue weighted by atomic mass is 32.2. The molecule has 0 aliphatic carbocycles. The third-order valence-electron chi connectivity index (χ3n) is 7.99. The van der Waals surface area contributed by atoms with Gasteiger partial charge < -0.3 is 9.52 Å². The summed E-state index contributed by atoms with van der Waals surface area (Å²) in [5.74, 6) is 2.40. The van der Waals surface area contributed by atoms with Crippen LogP contribution in [0.5, 0.6) is 5.75 Å². The third-order valence-corrected chi connectivity index (χ3v) is 9.93. The lowest BCUT2D eigenvalue weighted by atomic mass is 9.78. The number of benzene rings is 2. The number of piperidine rings is 1. The molecule has 2 aromatic heterocycles. The first kappa shape index (κ1) is 30.5. The monoisotopic (exact) mass is 607 g/mol. The van der Waals surface area contributed by atoms with Crippen molar-refractivity contribution in [2.24, 2.45) is 5.14 Å². The zero-order valence-electron chi connectivity index (χ0n) is 25.3. The first-order valence-corrected chi connectivity index (χ1v) is 16.8. The van der Waals surface area contributed by atoms with Crippen LogP contribution in [0.25, 0.3) is 22.6 Å². The molecule has 9 heteroatoms. The number of nitrogens with two attached hydrogens (primary N) is 1. The van der Waals surface area contributed by atoms with Crippen LogP contribution in [0.1, 0.15) is 82.2 Å². The average Bonchev–Trinajstić information content (AvgIpc) is 3.58. The minimum absolute atomic E-state index is 0.0839. The van der Waals surface area contributed by atoms with Gasteiger partial charge in [-0.25, -0.2) is 18.5 Å². The Hall–Kier alpha value is -2.98. The second kappa shape index (κ2) is 11.3. The number of aromatic nitrogens is 1. The summed E-state index contributed by atoms with van der Waals surface area (Å²) < 4.78 is 29.1. The molecule has 3 heterocycles. The molecule has 1 aliphatic rings. The van der Waals surface area contributed by atoms with E-state index in [-0.39, 0.29) is 15.7 Å². The summed E-state index contributed by atoms with van der Waals surface area (Å²) in [6.45, 7) is 15.5. The minimum Gasteiger partial charge on any atom is -0.507 e. The molecule has 0 atom stereocenters. The van der Waals surface area contributed by atoms with Gasteiger partial charge in [0.2, 0.25) is 10.0 Å². The lowest BCUT2D eigenvalue weighted by molar-refractivity contribution is 0.191. The molecule has 0 unspecified atom stereocenters. The summed E-state index contributed by atoms with van der Waals surface area (Å²) in [6.07, 6.45) is 2.07. The van der Waals surface area contributed by atoms with Gasteiger partial charge >= 0.3 is 0 Å². The van der Waals surface area contributed by atoms with E-state index in [9.17, 15) is 13.5 Å². The number of hydrogen-bond acceptors (Lipinski definition) is 7. The summed E-state index contributed by atoms with van der Waals surface area (Å²) >= 11 is 1.73. The van der Waals surface area contributed by atoms with E-state index in [1.54, 1.807) is 23.5 Å². The van der Waals surface area contributed by atoms with Crippen LogP contribution in [-0.2, 0) is 27.4 Å². The van der Waals surface area contributed by atoms with Crippen molar-refractivity contribution in [3.63, 3.8) is 0 Å². The molecule has 2 aromatic carbocycles. The van der Waals surface area contributed by atoms with Crippen LogP contribution in [0.2, 0.25) is 0 Å². The molecule has 4 aromatic rings. The van der Waals surface area contributed by atoms with Crippen molar-refractivity contribution in [2.75, 3.05) is 13.1 Å². The first-order chi connectivity index (χ1) is 19.6. The van der Waals surface area contributed by atoms with Gasteiger partial charge in [-0.15, -0.1) is 11.3 Å². The number of likely N-dealkylation sites (tertiary alicyclic amines) is 1. The fourth-order valence-electron chi connectivity index (χ4n) is 5.52. The number of primary sulfonamides is 1. The Labute approximate surface area is 253 Å².